The van der Waals surface area contributed by atoms with Crippen LogP contribution in [0.1, 0.15) is 44.1 Å². The first-order valence-electron chi connectivity index (χ1n) is 7.89. The Labute approximate surface area is 134 Å². The highest BCUT2D eigenvalue weighted by atomic mass is 19.2. The standard InChI is InChI=1S/C18H20F3NO/c19-15(11-22)3-1-2-13-4-7-16(8-5-13)23-12-14-6-9-17(20)18(21)10-14/h3,6,9-10,13,16H,1-2,4-5,7-8,12H2/b15-3-. The van der Waals surface area contributed by atoms with Crippen molar-refractivity contribution in [3.8, 4) is 6.07 Å². The molecule has 1 saturated carbocycles. The van der Waals surface area contributed by atoms with Crippen molar-refractivity contribution in [3.05, 3.63) is 47.3 Å². The molecule has 0 aromatic heterocycles. The number of nitrogens with zero attached hydrogens (tertiary/aromatic N) is 1. The van der Waals surface area contributed by atoms with E-state index in [1.54, 1.807) is 0 Å². The fourth-order valence-electron chi connectivity index (χ4n) is 2.92. The summed E-state index contributed by atoms with van der Waals surface area (Å²) >= 11 is 0. The summed E-state index contributed by atoms with van der Waals surface area (Å²) in [6.45, 7) is 0.280. The molecule has 0 saturated heterocycles. The van der Waals surface area contributed by atoms with Crippen LogP contribution in [0.4, 0.5) is 13.2 Å². The van der Waals surface area contributed by atoms with Gasteiger partial charge in [-0.25, -0.2) is 8.78 Å². The van der Waals surface area contributed by atoms with E-state index in [4.69, 9.17) is 10.00 Å². The van der Waals surface area contributed by atoms with Gasteiger partial charge in [0, 0.05) is 0 Å². The maximum Gasteiger partial charge on any atom is 0.196 e. The molecule has 0 radical (unpaired) electrons. The lowest BCUT2D eigenvalue weighted by molar-refractivity contribution is 0.00633. The molecule has 23 heavy (non-hydrogen) atoms. The fourth-order valence-corrected chi connectivity index (χ4v) is 2.92. The van der Waals surface area contributed by atoms with Gasteiger partial charge in [-0.3, -0.25) is 0 Å². The Balaban J connectivity index is 1.68. The topological polar surface area (TPSA) is 33.0 Å². The van der Waals surface area contributed by atoms with E-state index in [1.165, 1.54) is 18.2 Å². The Morgan fingerprint density at radius 1 is 1.22 bits per heavy atom. The van der Waals surface area contributed by atoms with E-state index in [-0.39, 0.29) is 12.7 Å². The third kappa shape index (κ3) is 5.72. The van der Waals surface area contributed by atoms with Crippen LogP contribution < -0.4 is 0 Å². The predicted octanol–water partition coefficient (Wildman–Crippen LogP) is 5.20. The van der Waals surface area contributed by atoms with Crippen molar-refractivity contribution in [2.24, 2.45) is 5.92 Å². The number of nitriles is 1. The lowest BCUT2D eigenvalue weighted by Gasteiger charge is -2.28. The maximum absolute atomic E-state index is 13.1. The summed E-state index contributed by atoms with van der Waals surface area (Å²) in [5.41, 5.74) is 0.628. The third-order valence-corrected chi connectivity index (χ3v) is 4.27. The molecule has 0 amide bonds. The molecule has 0 unspecified atom stereocenters. The molecule has 5 heteroatoms. The summed E-state index contributed by atoms with van der Waals surface area (Å²) in [7, 11) is 0. The number of benzene rings is 1. The highest BCUT2D eigenvalue weighted by molar-refractivity contribution is 5.16. The summed E-state index contributed by atoms with van der Waals surface area (Å²) in [5, 5.41) is 8.34. The van der Waals surface area contributed by atoms with Crippen molar-refractivity contribution in [2.45, 2.75) is 51.2 Å². The van der Waals surface area contributed by atoms with Crippen LogP contribution in [0, 0.1) is 28.9 Å². The predicted molar refractivity (Wildman–Crippen MR) is 80.9 cm³/mol. The molecule has 1 aromatic rings. The fraction of sp³-hybridized carbons (Fsp3) is 0.500. The zero-order valence-electron chi connectivity index (χ0n) is 12.9. The van der Waals surface area contributed by atoms with Gasteiger partial charge in [0.1, 0.15) is 6.07 Å². The lowest BCUT2D eigenvalue weighted by Crippen LogP contribution is -2.21. The zero-order valence-corrected chi connectivity index (χ0v) is 12.9. The number of allylic oxidation sites excluding steroid dienone is 2. The van der Waals surface area contributed by atoms with Crippen LogP contribution in [-0.4, -0.2) is 6.10 Å². The van der Waals surface area contributed by atoms with Crippen LogP contribution in [0.2, 0.25) is 0 Å². The van der Waals surface area contributed by atoms with Crippen molar-refractivity contribution in [3.63, 3.8) is 0 Å². The van der Waals surface area contributed by atoms with E-state index in [0.29, 0.717) is 17.9 Å². The van der Waals surface area contributed by atoms with Crippen LogP contribution in [-0.2, 0) is 11.3 Å². The molecule has 124 valence electrons. The second kappa shape index (κ2) is 8.73. The molecule has 0 spiro atoms. The number of halogens is 3. The SMILES string of the molecule is N#C/C(F)=C/CCC1CCC(OCc2ccc(F)c(F)c2)CC1. The van der Waals surface area contributed by atoms with E-state index in [0.717, 1.165) is 44.2 Å². The Hall–Kier alpha value is -1.80. The van der Waals surface area contributed by atoms with Crippen LogP contribution in [0.3, 0.4) is 0 Å². The molecular formula is C18H20F3NO. The molecule has 0 aliphatic heterocycles. The molecule has 1 aliphatic rings. The molecule has 1 aliphatic carbocycles. The van der Waals surface area contributed by atoms with Crippen LogP contribution in [0.15, 0.2) is 30.1 Å². The van der Waals surface area contributed by atoms with Gasteiger partial charge in [-0.1, -0.05) is 6.07 Å². The van der Waals surface area contributed by atoms with Gasteiger partial charge >= 0.3 is 0 Å². The molecular weight excluding hydrogens is 303 g/mol. The molecule has 2 rings (SSSR count). The average Bonchev–Trinajstić information content (AvgIpc) is 2.57. The Bertz CT molecular complexity index is 586. The van der Waals surface area contributed by atoms with Gasteiger partial charge in [-0.05, 0) is 68.2 Å². The summed E-state index contributed by atoms with van der Waals surface area (Å²) < 4.78 is 44.4. The zero-order chi connectivity index (χ0) is 16.7. The second-order valence-electron chi connectivity index (χ2n) is 5.94. The van der Waals surface area contributed by atoms with Gasteiger partial charge < -0.3 is 4.74 Å². The van der Waals surface area contributed by atoms with Crippen molar-refractivity contribution >= 4 is 0 Å². The van der Waals surface area contributed by atoms with Crippen LogP contribution in [0.25, 0.3) is 0 Å². The van der Waals surface area contributed by atoms with E-state index in [9.17, 15) is 13.2 Å². The minimum Gasteiger partial charge on any atom is -0.374 e. The Morgan fingerprint density at radius 3 is 2.61 bits per heavy atom. The highest BCUT2D eigenvalue weighted by Crippen LogP contribution is 2.30. The van der Waals surface area contributed by atoms with E-state index < -0.39 is 17.5 Å². The molecule has 0 N–H and O–H groups in total. The number of ether oxygens (including phenoxy) is 1. The first-order chi connectivity index (χ1) is 11.1. The molecule has 0 atom stereocenters. The maximum atomic E-state index is 13.1. The van der Waals surface area contributed by atoms with Crippen molar-refractivity contribution in [2.75, 3.05) is 0 Å². The molecule has 1 fully saturated rings. The third-order valence-electron chi connectivity index (χ3n) is 4.27. The average molecular weight is 323 g/mol. The number of hydrogen-bond acceptors (Lipinski definition) is 2. The number of hydrogen-bond donors (Lipinski definition) is 0. The quantitative estimate of drug-likeness (QED) is 0.674. The van der Waals surface area contributed by atoms with Gasteiger partial charge in [-0.15, -0.1) is 0 Å². The van der Waals surface area contributed by atoms with E-state index in [1.807, 2.05) is 0 Å². The summed E-state index contributed by atoms with van der Waals surface area (Å²) in [5.74, 6) is -1.89. The first-order valence-corrected chi connectivity index (χ1v) is 7.89. The first kappa shape index (κ1) is 17.6. The van der Waals surface area contributed by atoms with Gasteiger partial charge in [-0.2, -0.15) is 9.65 Å². The van der Waals surface area contributed by atoms with Crippen LogP contribution in [0.5, 0.6) is 0 Å². The van der Waals surface area contributed by atoms with Gasteiger partial charge in [0.05, 0.1) is 12.7 Å². The Kier molecular flexibility index (Phi) is 6.66. The molecule has 0 heterocycles. The molecule has 1 aromatic carbocycles. The van der Waals surface area contributed by atoms with Gasteiger partial charge in [0.25, 0.3) is 0 Å². The smallest absolute Gasteiger partial charge is 0.196 e. The minimum atomic E-state index is -0.854. The normalized spacial score (nSPS) is 21.9. The largest absolute Gasteiger partial charge is 0.374 e. The molecule has 2 nitrogen and oxygen atoms in total. The summed E-state index contributed by atoms with van der Waals surface area (Å²) in [6, 6.07) is 5.28. The second-order valence-corrected chi connectivity index (χ2v) is 5.94. The van der Waals surface area contributed by atoms with Crippen molar-refractivity contribution in [1.29, 1.82) is 5.26 Å². The van der Waals surface area contributed by atoms with Crippen molar-refractivity contribution in [1.82, 2.24) is 0 Å². The van der Waals surface area contributed by atoms with Crippen LogP contribution >= 0.6 is 0 Å². The van der Waals surface area contributed by atoms with Gasteiger partial charge in [0.15, 0.2) is 17.5 Å². The van der Waals surface area contributed by atoms with E-state index in [2.05, 4.69) is 0 Å². The molecule has 0 bridgehead atoms. The highest BCUT2D eigenvalue weighted by Gasteiger charge is 2.21. The summed E-state index contributed by atoms with van der Waals surface area (Å²) in [4.78, 5) is 0. The monoisotopic (exact) mass is 323 g/mol. The van der Waals surface area contributed by atoms with Crippen molar-refractivity contribution < 1.29 is 17.9 Å². The lowest BCUT2D eigenvalue weighted by atomic mass is 9.84. The van der Waals surface area contributed by atoms with Gasteiger partial charge in [0.2, 0.25) is 0 Å². The Morgan fingerprint density at radius 2 is 1.96 bits per heavy atom. The van der Waals surface area contributed by atoms with E-state index >= 15 is 0 Å². The number of rotatable bonds is 6. The minimum absolute atomic E-state index is 0.130. The summed E-state index contributed by atoms with van der Waals surface area (Å²) in [6.07, 6.45) is 6.78.